The molecular weight excluding hydrogens is 356 g/mol. The van der Waals surface area contributed by atoms with E-state index in [1.165, 1.54) is 0 Å². The molecule has 0 amide bonds. The van der Waals surface area contributed by atoms with E-state index in [2.05, 4.69) is 60.3 Å². The van der Waals surface area contributed by atoms with Crippen LogP contribution < -0.4 is 10.6 Å². The molecule has 0 spiro atoms. The van der Waals surface area contributed by atoms with Crippen LogP contribution in [0.25, 0.3) is 0 Å². The topological polar surface area (TPSA) is 24.1 Å². The molecule has 4 radical (unpaired) electrons. The summed E-state index contributed by atoms with van der Waals surface area (Å²) in [4.78, 5) is 0. The molecule has 2 N–H and O–H groups in total. The normalized spacial score (nSPS) is 6.92. The van der Waals surface area contributed by atoms with Gasteiger partial charge in [-0.2, -0.15) is 0 Å². The van der Waals surface area contributed by atoms with Crippen molar-refractivity contribution in [2.24, 2.45) is 0 Å². The molecule has 0 saturated heterocycles. The Morgan fingerprint density at radius 1 is 1.00 bits per heavy atom. The second kappa shape index (κ2) is 15.5. The molecule has 0 aromatic rings. The van der Waals surface area contributed by atoms with E-state index in [-0.39, 0.29) is 23.7 Å². The predicted molar refractivity (Wildman–Crippen MR) is 73.0 cm³/mol. The van der Waals surface area contributed by atoms with E-state index in [0.717, 1.165) is 13.1 Å². The van der Waals surface area contributed by atoms with Crippen LogP contribution in [0.15, 0.2) is 0 Å². The maximum Gasteiger partial charge on any atom is 2.00 e. The smallest absolute Gasteiger partial charge is 0.412 e. The molecule has 2 nitrogen and oxygen atoms in total. The van der Waals surface area contributed by atoms with Gasteiger partial charge in [0.1, 0.15) is 0 Å². The number of rotatable bonds is 2. The van der Waals surface area contributed by atoms with E-state index in [1.54, 1.807) is 0 Å². The van der Waals surface area contributed by atoms with Gasteiger partial charge in [-0.05, 0) is 13.8 Å². The zero-order chi connectivity index (χ0) is 9.98. The summed E-state index contributed by atoms with van der Waals surface area (Å²) < 4.78 is 0.912. The molecule has 0 saturated carbocycles. The zero-order valence-electron chi connectivity index (χ0n) is 7.46. The number of hydrogen-bond acceptors (Lipinski definition) is 4. The van der Waals surface area contributed by atoms with Gasteiger partial charge in [0, 0.05) is 13.1 Å². The van der Waals surface area contributed by atoms with Crippen LogP contribution in [0.1, 0.15) is 13.8 Å². The summed E-state index contributed by atoms with van der Waals surface area (Å²) in [6.45, 7) is 5.59. The van der Waals surface area contributed by atoms with E-state index in [4.69, 9.17) is 0 Å². The Morgan fingerprint density at radius 3 is 1.23 bits per heavy atom. The van der Waals surface area contributed by atoms with Crippen molar-refractivity contribution < 1.29 is 0 Å². The average molecular weight is 368 g/mol. The minimum absolute atomic E-state index is 0. The second-order valence-corrected chi connectivity index (χ2v) is 3.79. The molecule has 0 aliphatic rings. The molecule has 0 aliphatic heterocycles. The molecule has 0 heterocycles. The summed E-state index contributed by atoms with van der Waals surface area (Å²) in [7, 11) is 0. The summed E-state index contributed by atoms with van der Waals surface area (Å²) in [6, 6.07) is 0. The fourth-order valence-corrected chi connectivity index (χ4v) is 0.866. The first-order valence-electron chi connectivity index (χ1n) is 3.44. The van der Waals surface area contributed by atoms with Gasteiger partial charge in [0.2, 0.25) is 0 Å². The molecule has 0 aromatic carbocycles. The van der Waals surface area contributed by atoms with E-state index in [1.807, 2.05) is 13.8 Å². The fraction of sp³-hybridized carbons (Fsp3) is 0.667. The third-order valence-corrected chi connectivity index (χ3v) is 1.22. The van der Waals surface area contributed by atoms with E-state index >= 15 is 0 Å². The molecule has 0 aliphatic carbocycles. The van der Waals surface area contributed by atoms with Gasteiger partial charge in [-0.3, -0.25) is 0 Å². The zero-order valence-corrected chi connectivity index (χ0v) is 13.1. The molecule has 0 unspecified atom stereocenters. The summed E-state index contributed by atoms with van der Waals surface area (Å²) in [6.07, 6.45) is 0. The van der Waals surface area contributed by atoms with Gasteiger partial charge < -0.3 is 60.3 Å². The largest absolute Gasteiger partial charge is 2.00 e. The van der Waals surface area contributed by atoms with Crippen molar-refractivity contribution in [1.82, 2.24) is 10.6 Å². The minimum Gasteiger partial charge on any atom is -0.412 e. The summed E-state index contributed by atoms with van der Waals surface area (Å²) >= 11 is 18.0. The van der Waals surface area contributed by atoms with Crippen molar-refractivity contribution >= 4 is 82.0 Å². The first-order valence-corrected chi connectivity index (χ1v) is 5.07. The Hall–Kier alpha value is 1.01. The Morgan fingerprint density at radius 2 is 1.23 bits per heavy atom. The Bertz CT molecular complexity index is 127. The molecule has 0 aromatic heterocycles. The molecule has 0 atom stereocenters. The molecular formula is C6H12N2S4Te. The van der Waals surface area contributed by atoms with Crippen LogP contribution in [0.4, 0.5) is 0 Å². The predicted octanol–water partition coefficient (Wildman–Crippen LogP) is 0.475. The molecule has 13 heavy (non-hydrogen) atoms. The van der Waals surface area contributed by atoms with Crippen molar-refractivity contribution in [2.75, 3.05) is 13.1 Å². The third kappa shape index (κ3) is 32.1. The van der Waals surface area contributed by atoms with E-state index < -0.39 is 0 Å². The molecule has 0 bridgehead atoms. The van der Waals surface area contributed by atoms with Crippen molar-refractivity contribution in [3.8, 4) is 0 Å². The third-order valence-electron chi connectivity index (χ3n) is 0.642. The van der Waals surface area contributed by atoms with Crippen LogP contribution in [-0.4, -0.2) is 45.4 Å². The van der Waals surface area contributed by atoms with E-state index in [9.17, 15) is 0 Å². The monoisotopic (exact) mass is 370 g/mol. The van der Waals surface area contributed by atoms with Gasteiger partial charge in [0.25, 0.3) is 0 Å². The Balaban J connectivity index is -0.000000143. The standard InChI is InChI=1S/2C3H7NS2.Te/c2*1-2-4-3(5)6;/h2*2H2,1H3,(H2,4,5,6);/q;;+2/p-2. The maximum atomic E-state index is 4.50. The fourth-order valence-electron chi connectivity index (χ4n) is 0.289. The van der Waals surface area contributed by atoms with Gasteiger partial charge in [0.15, 0.2) is 0 Å². The first-order chi connectivity index (χ1) is 5.54. The van der Waals surface area contributed by atoms with Crippen LogP contribution in [0.2, 0.25) is 0 Å². The van der Waals surface area contributed by atoms with Gasteiger partial charge in [0.05, 0.1) is 0 Å². The number of nitrogens with one attached hydrogen (secondary N) is 2. The van der Waals surface area contributed by atoms with Crippen molar-refractivity contribution in [3.05, 3.63) is 0 Å². The van der Waals surface area contributed by atoms with Gasteiger partial charge in [-0.1, -0.05) is 8.64 Å². The average Bonchev–Trinajstić information content (AvgIpc) is 1.87. The SMILES string of the molecule is CCNC(=S)[S-].CCNC(=S)[S-].[Te+2]. The Labute approximate surface area is 119 Å². The van der Waals surface area contributed by atoms with Crippen molar-refractivity contribution in [3.63, 3.8) is 0 Å². The molecule has 0 rings (SSSR count). The maximum absolute atomic E-state index is 4.50. The second-order valence-electron chi connectivity index (χ2n) is 1.64. The Kier molecular flexibility index (Phi) is 23.3. The summed E-state index contributed by atoms with van der Waals surface area (Å²) in [5.41, 5.74) is 0. The van der Waals surface area contributed by atoms with Crippen molar-refractivity contribution in [1.29, 1.82) is 0 Å². The van der Waals surface area contributed by atoms with Gasteiger partial charge in [-0.15, -0.1) is 0 Å². The number of thiocarbonyl (C=S) groups is 2. The first kappa shape index (κ1) is 19.6. The number of hydrogen-bond donors (Lipinski definition) is 2. The summed E-state index contributed by atoms with van der Waals surface area (Å²) in [5, 5.41) is 5.51. The van der Waals surface area contributed by atoms with Crippen LogP contribution in [-0.2, 0) is 25.3 Å². The molecule has 76 valence electrons. The quantitative estimate of drug-likeness (QED) is 0.418. The van der Waals surface area contributed by atoms with Crippen LogP contribution >= 0.6 is 24.4 Å². The van der Waals surface area contributed by atoms with E-state index in [0.29, 0.717) is 8.64 Å². The van der Waals surface area contributed by atoms with Gasteiger partial charge in [-0.25, -0.2) is 0 Å². The summed E-state index contributed by atoms with van der Waals surface area (Å²) in [5.74, 6) is 0. The van der Waals surface area contributed by atoms with Crippen LogP contribution in [0, 0.1) is 0 Å². The van der Waals surface area contributed by atoms with Gasteiger partial charge >= 0.3 is 23.7 Å². The van der Waals surface area contributed by atoms with Crippen LogP contribution in [0.3, 0.4) is 0 Å². The van der Waals surface area contributed by atoms with Crippen molar-refractivity contribution in [2.45, 2.75) is 13.8 Å². The molecule has 7 heteroatoms. The van der Waals surface area contributed by atoms with Crippen LogP contribution in [0.5, 0.6) is 0 Å². The molecule has 0 fully saturated rings. The minimum atomic E-state index is 0.